The number of aromatic nitrogens is 1. The second-order valence-electron chi connectivity index (χ2n) is 10.3. The zero-order valence-electron chi connectivity index (χ0n) is 22.8. The number of hydrogen-bond donors (Lipinski definition) is 0. The van der Waals surface area contributed by atoms with Gasteiger partial charge in [0.05, 0.1) is 23.2 Å². The van der Waals surface area contributed by atoms with Crippen LogP contribution in [0, 0.1) is 5.92 Å². The van der Waals surface area contributed by atoms with Gasteiger partial charge in [-0.25, -0.2) is 4.99 Å². The van der Waals surface area contributed by atoms with Crippen LogP contribution in [0.15, 0.2) is 76.5 Å². The highest BCUT2D eigenvalue weighted by molar-refractivity contribution is 7.07. The zero-order chi connectivity index (χ0) is 29.8. The molecule has 0 N–H and O–H groups in total. The summed E-state index contributed by atoms with van der Waals surface area (Å²) in [6, 6.07) is 16.7. The van der Waals surface area contributed by atoms with Gasteiger partial charge in [0.25, 0.3) is 5.56 Å². The van der Waals surface area contributed by atoms with Gasteiger partial charge in [0, 0.05) is 11.1 Å². The van der Waals surface area contributed by atoms with Gasteiger partial charge >= 0.3 is 6.18 Å². The minimum Gasteiger partial charge on any atom is -0.496 e. The lowest BCUT2D eigenvalue weighted by Crippen LogP contribution is -2.58. The smallest absolute Gasteiger partial charge is 0.416 e. The summed E-state index contributed by atoms with van der Waals surface area (Å²) in [6.07, 6.45) is -2.77. The first kappa shape index (κ1) is 27.8. The maximum absolute atomic E-state index is 13.8. The number of carbonyl (C=O) groups excluding carboxylic acids is 1. The second-order valence-corrected chi connectivity index (χ2v) is 11.3. The maximum Gasteiger partial charge on any atom is 0.416 e. The van der Waals surface area contributed by atoms with E-state index in [0.717, 1.165) is 17.7 Å². The molecule has 7 nitrogen and oxygen atoms in total. The molecule has 216 valence electrons. The van der Waals surface area contributed by atoms with Crippen molar-refractivity contribution in [1.82, 2.24) is 4.57 Å². The molecule has 2 bridgehead atoms. The molecule has 0 radical (unpaired) electrons. The molecule has 0 unspecified atom stereocenters. The summed E-state index contributed by atoms with van der Waals surface area (Å²) in [4.78, 5) is 31.9. The Morgan fingerprint density at radius 2 is 1.93 bits per heavy atom. The quantitative estimate of drug-likeness (QED) is 0.318. The number of halogens is 3. The van der Waals surface area contributed by atoms with Gasteiger partial charge in [0.1, 0.15) is 35.6 Å². The standard InChI is InChI=1S/C31H25F3N2O5S/c1-17(37)26-27-22-9-4-5-10-24(22)41-30(26,2)35-29-36(27)28(38)25(42-29)14-18-11-12-23(39-3)19(13-18)16-40-21-8-6-7-20(15-21)31(32,33)34/h4-15,26-27H,16H2,1-3H3/b25-14+/t26-,27+,30-/m0/s1. The molecular weight excluding hydrogens is 569 g/mol. The Hall–Kier alpha value is -4.38. The Morgan fingerprint density at radius 1 is 1.14 bits per heavy atom. The third-order valence-corrected chi connectivity index (χ3v) is 8.46. The average Bonchev–Trinajstić information content (AvgIpc) is 3.24. The van der Waals surface area contributed by atoms with Crippen LogP contribution in [-0.2, 0) is 17.6 Å². The SMILES string of the molecule is COc1ccc(/C=c2/sc3n(c2=O)[C@@H]2c4ccccc4O[C@](C)(N=3)[C@H]2C(C)=O)cc1COc1cccc(C(F)(F)F)c1. The van der Waals surface area contributed by atoms with Crippen LogP contribution in [-0.4, -0.2) is 23.2 Å². The van der Waals surface area contributed by atoms with E-state index in [0.29, 0.717) is 32.0 Å². The van der Waals surface area contributed by atoms with Crippen molar-refractivity contribution in [2.75, 3.05) is 7.11 Å². The number of rotatable bonds is 6. The topological polar surface area (TPSA) is 79.1 Å². The minimum absolute atomic E-state index is 0.0593. The number of fused-ring (bicyclic) bond motifs is 6. The fraction of sp³-hybridized carbons (Fsp3) is 0.258. The molecule has 6 rings (SSSR count). The highest BCUT2D eigenvalue weighted by Gasteiger charge is 2.53. The van der Waals surface area contributed by atoms with Gasteiger partial charge in [-0.3, -0.25) is 14.2 Å². The van der Waals surface area contributed by atoms with Gasteiger partial charge in [-0.15, -0.1) is 0 Å². The molecule has 0 amide bonds. The molecule has 0 fully saturated rings. The molecule has 2 aliphatic heterocycles. The first-order chi connectivity index (χ1) is 20.0. The molecule has 0 saturated carbocycles. The molecule has 2 aliphatic rings. The van der Waals surface area contributed by atoms with Gasteiger partial charge < -0.3 is 14.2 Å². The minimum atomic E-state index is -4.49. The van der Waals surface area contributed by atoms with Gasteiger partial charge in [0.15, 0.2) is 4.80 Å². The first-order valence-electron chi connectivity index (χ1n) is 13.1. The van der Waals surface area contributed by atoms with Gasteiger partial charge in [0.2, 0.25) is 5.72 Å². The lowest BCUT2D eigenvalue weighted by molar-refractivity contribution is -0.137. The molecule has 0 saturated heterocycles. The molecule has 4 aromatic rings. The van der Waals surface area contributed by atoms with Crippen LogP contribution in [0.25, 0.3) is 6.08 Å². The van der Waals surface area contributed by atoms with Crippen LogP contribution in [0.3, 0.4) is 0 Å². The average molecular weight is 595 g/mol. The molecule has 42 heavy (non-hydrogen) atoms. The van der Waals surface area contributed by atoms with Crippen molar-refractivity contribution < 1.29 is 32.2 Å². The van der Waals surface area contributed by atoms with Crippen LogP contribution < -0.4 is 29.1 Å². The third kappa shape index (κ3) is 4.77. The molecule has 3 atom stereocenters. The van der Waals surface area contributed by atoms with Gasteiger partial charge in [-0.1, -0.05) is 41.7 Å². The van der Waals surface area contributed by atoms with Gasteiger partial charge in [-0.05, 0) is 61.9 Å². The monoisotopic (exact) mass is 594 g/mol. The van der Waals surface area contributed by atoms with Crippen LogP contribution >= 0.6 is 11.3 Å². The van der Waals surface area contributed by atoms with Crippen LogP contribution in [0.2, 0.25) is 0 Å². The number of methoxy groups -OCH3 is 1. The van der Waals surface area contributed by atoms with Crippen LogP contribution in [0.1, 0.15) is 42.1 Å². The lowest BCUT2D eigenvalue weighted by atomic mass is 9.79. The number of nitrogens with zero attached hydrogens (tertiary/aromatic N) is 2. The van der Waals surface area contributed by atoms with Gasteiger partial charge in [-0.2, -0.15) is 13.2 Å². The van der Waals surface area contributed by atoms with Crippen LogP contribution in [0.5, 0.6) is 17.2 Å². The van der Waals surface area contributed by atoms with Crippen molar-refractivity contribution in [2.45, 2.75) is 38.4 Å². The molecule has 3 aromatic carbocycles. The number of alkyl halides is 3. The van der Waals surface area contributed by atoms with E-state index < -0.39 is 29.4 Å². The van der Waals surface area contributed by atoms with E-state index >= 15 is 0 Å². The molecule has 11 heteroatoms. The summed E-state index contributed by atoms with van der Waals surface area (Å²) in [7, 11) is 1.48. The largest absolute Gasteiger partial charge is 0.496 e. The van der Waals surface area contributed by atoms with E-state index in [2.05, 4.69) is 0 Å². The van der Waals surface area contributed by atoms with E-state index in [4.69, 9.17) is 19.2 Å². The summed E-state index contributed by atoms with van der Waals surface area (Å²) < 4.78 is 58.7. The number of carbonyl (C=O) groups is 1. The second kappa shape index (κ2) is 10.2. The Kier molecular flexibility index (Phi) is 6.72. The number of Topliss-reactive ketones (excluding diaryl/α,β-unsaturated/α-hetero) is 1. The van der Waals surface area contributed by atoms with E-state index in [9.17, 15) is 22.8 Å². The molecule has 1 aromatic heterocycles. The number of benzene rings is 3. The van der Waals surface area contributed by atoms with Crippen molar-refractivity contribution in [3.8, 4) is 17.2 Å². The first-order valence-corrected chi connectivity index (χ1v) is 13.9. The summed E-state index contributed by atoms with van der Waals surface area (Å²) in [5.41, 5.74) is -0.267. The Labute approximate surface area is 242 Å². The number of para-hydroxylation sites is 1. The van der Waals surface area contributed by atoms with Crippen molar-refractivity contribution in [3.63, 3.8) is 0 Å². The van der Waals surface area contributed by atoms with Crippen molar-refractivity contribution in [2.24, 2.45) is 10.9 Å². The fourth-order valence-corrected chi connectivity index (χ4v) is 6.73. The van der Waals surface area contributed by atoms with E-state index in [-0.39, 0.29) is 23.7 Å². The fourth-order valence-electron chi connectivity index (χ4n) is 5.63. The summed E-state index contributed by atoms with van der Waals surface area (Å²) in [5.74, 6) is 0.322. The Balaban J connectivity index is 1.39. The molecule has 0 aliphatic carbocycles. The predicted molar refractivity (Wildman–Crippen MR) is 149 cm³/mol. The summed E-state index contributed by atoms with van der Waals surface area (Å²) >= 11 is 1.20. The highest BCUT2D eigenvalue weighted by atomic mass is 32.1. The van der Waals surface area contributed by atoms with E-state index in [1.807, 2.05) is 24.3 Å². The molecular formula is C31H25F3N2O5S. The van der Waals surface area contributed by atoms with Crippen molar-refractivity contribution >= 4 is 23.2 Å². The lowest BCUT2D eigenvalue weighted by Gasteiger charge is -2.45. The number of thiazole rings is 1. The maximum atomic E-state index is 13.8. The number of ketones is 1. The Bertz CT molecular complexity index is 1900. The van der Waals surface area contributed by atoms with Crippen molar-refractivity contribution in [3.05, 3.63) is 109 Å². The highest BCUT2D eigenvalue weighted by Crippen LogP contribution is 2.47. The normalized spacial score (nSPS) is 21.0. The van der Waals surface area contributed by atoms with Crippen LogP contribution in [0.4, 0.5) is 13.2 Å². The van der Waals surface area contributed by atoms with E-state index in [1.165, 1.54) is 37.5 Å². The number of hydrogen-bond acceptors (Lipinski definition) is 7. The summed E-state index contributed by atoms with van der Waals surface area (Å²) in [5, 5.41) is 0. The number of ether oxygens (including phenoxy) is 3. The molecule has 0 spiro atoms. The van der Waals surface area contributed by atoms with Crippen molar-refractivity contribution in [1.29, 1.82) is 0 Å². The zero-order valence-corrected chi connectivity index (χ0v) is 23.6. The predicted octanol–water partition coefficient (Wildman–Crippen LogP) is 4.88. The third-order valence-electron chi connectivity index (χ3n) is 7.48. The molecule has 3 heterocycles. The van der Waals surface area contributed by atoms with E-state index in [1.54, 1.807) is 35.8 Å². The summed E-state index contributed by atoms with van der Waals surface area (Å²) in [6.45, 7) is 3.19. The Morgan fingerprint density at radius 3 is 2.67 bits per heavy atom.